The fourth-order valence-corrected chi connectivity index (χ4v) is 10.6. The molecule has 0 saturated heterocycles. The van der Waals surface area contributed by atoms with Gasteiger partial charge in [-0.05, 0) is 145 Å². The molecule has 1 heterocycles. The van der Waals surface area contributed by atoms with Gasteiger partial charge < -0.3 is 4.90 Å². The number of rotatable bonds is 6. The van der Waals surface area contributed by atoms with E-state index in [0.717, 1.165) is 29.9 Å². The molecule has 8 aromatic carbocycles. The van der Waals surface area contributed by atoms with Crippen LogP contribution in [0.4, 0.5) is 17.1 Å². The van der Waals surface area contributed by atoms with Crippen molar-refractivity contribution in [3.8, 4) is 44.5 Å². The number of aryl methyl sites for hydroxylation is 1. The van der Waals surface area contributed by atoms with Crippen LogP contribution >= 0.6 is 11.3 Å². The standard InChI is InChI=1S/C55H41NS/c1-55(2)50-18-7-5-15-47(50)48-32-27-42(35-51(48)55)37-23-28-43(29-24-37)56(45-14-9-13-40(34-45)41-22-21-36-11-3-4-12-39(36)33-41)44-30-25-38(26-31-44)46-17-10-20-53-54(46)49-16-6-8-19-52(49)57-53/h3-5,7-15,17-35H,6,16H2,1-2H3. The predicted octanol–water partition coefficient (Wildman–Crippen LogP) is 15.8. The largest absolute Gasteiger partial charge is 0.310 e. The Morgan fingerprint density at radius 2 is 1.12 bits per heavy atom. The molecule has 0 aliphatic heterocycles. The van der Waals surface area contributed by atoms with Crippen molar-refractivity contribution in [2.24, 2.45) is 0 Å². The minimum atomic E-state index is -0.0355. The number of nitrogens with zero attached hydrogens (tertiary/aromatic N) is 1. The average Bonchev–Trinajstić information content (AvgIpc) is 3.76. The van der Waals surface area contributed by atoms with Crippen molar-refractivity contribution >= 4 is 55.3 Å². The Hall–Kier alpha value is -6.48. The van der Waals surface area contributed by atoms with Gasteiger partial charge in [0.15, 0.2) is 0 Å². The molecule has 0 unspecified atom stereocenters. The van der Waals surface area contributed by atoms with E-state index in [1.807, 2.05) is 11.3 Å². The fourth-order valence-electron chi connectivity index (χ4n) is 9.39. The van der Waals surface area contributed by atoms with E-state index in [1.54, 1.807) is 0 Å². The molecule has 0 spiro atoms. The van der Waals surface area contributed by atoms with Crippen molar-refractivity contribution in [3.63, 3.8) is 0 Å². The summed E-state index contributed by atoms with van der Waals surface area (Å²) < 4.78 is 1.37. The highest BCUT2D eigenvalue weighted by atomic mass is 32.1. The van der Waals surface area contributed by atoms with Crippen LogP contribution in [0, 0.1) is 0 Å². The number of fused-ring (bicyclic) bond motifs is 7. The number of hydrogen-bond acceptors (Lipinski definition) is 2. The number of anilines is 3. The SMILES string of the molecule is CC1(C)c2ccccc2-c2ccc(-c3ccc(N(c4ccc(-c5cccc6sc7c(c56)CCC=C7)cc4)c4cccc(-c5ccc6ccccc6c5)c4)cc3)cc21. The highest BCUT2D eigenvalue weighted by Gasteiger charge is 2.35. The monoisotopic (exact) mass is 747 g/mol. The van der Waals surface area contributed by atoms with Crippen LogP contribution in [0.1, 0.15) is 41.8 Å². The Morgan fingerprint density at radius 3 is 1.96 bits per heavy atom. The quantitative estimate of drug-likeness (QED) is 0.164. The molecule has 0 amide bonds. The van der Waals surface area contributed by atoms with E-state index in [0.29, 0.717) is 0 Å². The molecule has 0 radical (unpaired) electrons. The van der Waals surface area contributed by atoms with Crippen LogP contribution in [-0.4, -0.2) is 0 Å². The van der Waals surface area contributed by atoms with Gasteiger partial charge in [0.25, 0.3) is 0 Å². The number of benzene rings is 8. The third-order valence-electron chi connectivity index (χ3n) is 12.3. The summed E-state index contributed by atoms with van der Waals surface area (Å²) in [7, 11) is 0. The van der Waals surface area contributed by atoms with Crippen molar-refractivity contribution in [3.05, 3.63) is 204 Å². The van der Waals surface area contributed by atoms with E-state index in [9.17, 15) is 0 Å². The van der Waals surface area contributed by atoms with Crippen molar-refractivity contribution in [1.29, 1.82) is 0 Å². The zero-order valence-electron chi connectivity index (χ0n) is 32.2. The predicted molar refractivity (Wildman–Crippen MR) is 245 cm³/mol. The second-order valence-corrected chi connectivity index (χ2v) is 17.1. The molecular weight excluding hydrogens is 707 g/mol. The first-order valence-corrected chi connectivity index (χ1v) is 20.9. The van der Waals surface area contributed by atoms with Crippen LogP contribution in [0.5, 0.6) is 0 Å². The third-order valence-corrected chi connectivity index (χ3v) is 13.5. The van der Waals surface area contributed by atoms with E-state index < -0.39 is 0 Å². The van der Waals surface area contributed by atoms with Gasteiger partial charge in [-0.3, -0.25) is 0 Å². The molecule has 272 valence electrons. The smallest absolute Gasteiger partial charge is 0.0467 e. The second-order valence-electron chi connectivity index (χ2n) is 16.0. The van der Waals surface area contributed by atoms with E-state index in [2.05, 4.69) is 207 Å². The lowest BCUT2D eigenvalue weighted by atomic mass is 9.81. The molecule has 0 atom stereocenters. The molecule has 9 aromatic rings. The molecule has 1 nitrogen and oxygen atoms in total. The lowest BCUT2D eigenvalue weighted by Crippen LogP contribution is -2.14. The maximum Gasteiger partial charge on any atom is 0.0467 e. The van der Waals surface area contributed by atoms with Gasteiger partial charge in [0.05, 0.1) is 0 Å². The Bertz CT molecular complexity index is 3030. The van der Waals surface area contributed by atoms with Gasteiger partial charge in [0.1, 0.15) is 0 Å². The summed E-state index contributed by atoms with van der Waals surface area (Å²) in [5.74, 6) is 0. The van der Waals surface area contributed by atoms with Crippen molar-refractivity contribution in [2.45, 2.75) is 32.1 Å². The molecule has 11 rings (SSSR count). The zero-order chi connectivity index (χ0) is 38.1. The van der Waals surface area contributed by atoms with Crippen LogP contribution < -0.4 is 4.90 Å². The molecule has 2 heteroatoms. The summed E-state index contributed by atoms with van der Waals surface area (Å²) in [5, 5.41) is 3.93. The summed E-state index contributed by atoms with van der Waals surface area (Å²) in [4.78, 5) is 3.81. The molecule has 0 fully saturated rings. The minimum Gasteiger partial charge on any atom is -0.310 e. The molecule has 0 bridgehead atoms. The van der Waals surface area contributed by atoms with Gasteiger partial charge in [0, 0.05) is 37.4 Å². The molecule has 0 N–H and O–H groups in total. The van der Waals surface area contributed by atoms with Gasteiger partial charge in [-0.25, -0.2) is 0 Å². The first-order valence-electron chi connectivity index (χ1n) is 20.1. The first kappa shape index (κ1) is 33.8. The summed E-state index contributed by atoms with van der Waals surface area (Å²) in [6, 6.07) is 65.4. The van der Waals surface area contributed by atoms with Crippen LogP contribution in [0.3, 0.4) is 0 Å². The highest BCUT2D eigenvalue weighted by molar-refractivity contribution is 7.20. The summed E-state index contributed by atoms with van der Waals surface area (Å²) in [6.07, 6.45) is 6.84. The van der Waals surface area contributed by atoms with Gasteiger partial charge >= 0.3 is 0 Å². The normalized spacial score (nSPS) is 13.7. The fraction of sp³-hybridized carbons (Fsp3) is 0.0909. The van der Waals surface area contributed by atoms with Gasteiger partial charge in [-0.1, -0.05) is 141 Å². The summed E-state index contributed by atoms with van der Waals surface area (Å²) in [6.45, 7) is 4.71. The Balaban J connectivity index is 0.995. The maximum atomic E-state index is 2.41. The topological polar surface area (TPSA) is 3.24 Å². The van der Waals surface area contributed by atoms with E-state index in [-0.39, 0.29) is 5.41 Å². The van der Waals surface area contributed by atoms with Gasteiger partial charge in [-0.2, -0.15) is 0 Å². The zero-order valence-corrected chi connectivity index (χ0v) is 33.0. The Labute approximate surface area is 338 Å². The Morgan fingerprint density at radius 1 is 0.474 bits per heavy atom. The van der Waals surface area contributed by atoms with Crippen LogP contribution in [0.2, 0.25) is 0 Å². The molecular formula is C55H41NS. The van der Waals surface area contributed by atoms with Crippen LogP contribution in [0.25, 0.3) is 71.4 Å². The number of allylic oxidation sites excluding steroid dienone is 1. The maximum absolute atomic E-state index is 2.41. The first-order chi connectivity index (χ1) is 28.0. The molecule has 1 aromatic heterocycles. The van der Waals surface area contributed by atoms with E-state index >= 15 is 0 Å². The third kappa shape index (κ3) is 5.66. The molecule has 57 heavy (non-hydrogen) atoms. The van der Waals surface area contributed by atoms with Crippen LogP contribution in [0.15, 0.2) is 182 Å². The summed E-state index contributed by atoms with van der Waals surface area (Å²) in [5.41, 5.74) is 17.8. The molecule has 2 aliphatic carbocycles. The average molecular weight is 748 g/mol. The highest BCUT2D eigenvalue weighted by Crippen LogP contribution is 2.50. The molecule has 2 aliphatic rings. The van der Waals surface area contributed by atoms with Gasteiger partial charge in [0.2, 0.25) is 0 Å². The van der Waals surface area contributed by atoms with E-state index in [1.165, 1.54) is 86.9 Å². The second kappa shape index (κ2) is 13.3. The molecule has 0 saturated carbocycles. The number of thiophene rings is 1. The van der Waals surface area contributed by atoms with Gasteiger partial charge in [-0.15, -0.1) is 11.3 Å². The van der Waals surface area contributed by atoms with Crippen molar-refractivity contribution < 1.29 is 0 Å². The van der Waals surface area contributed by atoms with Crippen molar-refractivity contribution in [1.82, 2.24) is 0 Å². The summed E-state index contributed by atoms with van der Waals surface area (Å²) >= 11 is 1.92. The lowest BCUT2D eigenvalue weighted by molar-refractivity contribution is 0.660. The van der Waals surface area contributed by atoms with E-state index in [4.69, 9.17) is 0 Å². The Kier molecular flexibility index (Phi) is 7.91. The minimum absolute atomic E-state index is 0.0355. The van der Waals surface area contributed by atoms with Crippen LogP contribution in [-0.2, 0) is 11.8 Å². The number of hydrogen-bond donors (Lipinski definition) is 0. The van der Waals surface area contributed by atoms with Crippen molar-refractivity contribution in [2.75, 3.05) is 4.90 Å². The lowest BCUT2D eigenvalue weighted by Gasteiger charge is -2.27.